The Bertz CT molecular complexity index is 328. The second-order valence-corrected chi connectivity index (χ2v) is 8.33. The summed E-state index contributed by atoms with van der Waals surface area (Å²) in [7, 11) is 0. The van der Waals surface area contributed by atoms with Gasteiger partial charge in [0.2, 0.25) is 0 Å². The van der Waals surface area contributed by atoms with Crippen molar-refractivity contribution in [2.45, 2.75) is 57.0 Å². The lowest BCUT2D eigenvalue weighted by Crippen LogP contribution is -2.37. The molecule has 0 aromatic carbocycles. The van der Waals surface area contributed by atoms with E-state index >= 15 is 0 Å². The van der Waals surface area contributed by atoms with Crippen molar-refractivity contribution in [2.75, 3.05) is 65.4 Å². The van der Waals surface area contributed by atoms with Gasteiger partial charge >= 0.3 is 0 Å². The molecule has 23 heavy (non-hydrogen) atoms. The molecule has 4 fully saturated rings. The zero-order valence-electron chi connectivity index (χ0n) is 15.0. The minimum Gasteiger partial charge on any atom is -0.302 e. The molecule has 2 atom stereocenters. The lowest BCUT2D eigenvalue weighted by atomic mass is 10.2. The molecule has 0 amide bonds. The SMILES string of the molecule is C(CN1CC[C@@H](N2CCCC2)C1)CN1CC[C@H](N2CCCC2)C1. The Morgan fingerprint density at radius 3 is 1.43 bits per heavy atom. The summed E-state index contributed by atoms with van der Waals surface area (Å²) in [5.41, 5.74) is 0. The van der Waals surface area contributed by atoms with Crippen LogP contribution in [0.5, 0.6) is 0 Å². The summed E-state index contributed by atoms with van der Waals surface area (Å²) in [6, 6.07) is 1.76. The maximum Gasteiger partial charge on any atom is 0.0235 e. The van der Waals surface area contributed by atoms with Crippen molar-refractivity contribution in [3.05, 3.63) is 0 Å². The van der Waals surface area contributed by atoms with Gasteiger partial charge in [0.15, 0.2) is 0 Å². The minimum atomic E-state index is 0.879. The van der Waals surface area contributed by atoms with Gasteiger partial charge in [0.1, 0.15) is 0 Å². The summed E-state index contributed by atoms with van der Waals surface area (Å²) in [6.07, 6.45) is 9.95. The van der Waals surface area contributed by atoms with Crippen LogP contribution in [0.1, 0.15) is 44.9 Å². The third kappa shape index (κ3) is 4.09. The van der Waals surface area contributed by atoms with Crippen molar-refractivity contribution >= 4 is 0 Å². The third-order valence-corrected chi connectivity index (χ3v) is 6.76. The van der Waals surface area contributed by atoms with E-state index in [4.69, 9.17) is 0 Å². The van der Waals surface area contributed by atoms with E-state index in [2.05, 4.69) is 19.6 Å². The Morgan fingerprint density at radius 2 is 1.00 bits per heavy atom. The first kappa shape index (κ1) is 16.3. The number of hydrogen-bond acceptors (Lipinski definition) is 4. The van der Waals surface area contributed by atoms with E-state index in [1.54, 1.807) is 0 Å². The van der Waals surface area contributed by atoms with Gasteiger partial charge in [-0.05, 0) is 97.3 Å². The third-order valence-electron chi connectivity index (χ3n) is 6.76. The van der Waals surface area contributed by atoms with Crippen LogP contribution in [0.15, 0.2) is 0 Å². The molecule has 0 bridgehead atoms. The fourth-order valence-electron chi connectivity index (χ4n) is 5.36. The lowest BCUT2D eigenvalue weighted by Gasteiger charge is -2.25. The Balaban J connectivity index is 1.11. The Kier molecular flexibility index (Phi) is 5.54. The van der Waals surface area contributed by atoms with Gasteiger partial charge in [-0.25, -0.2) is 0 Å². The van der Waals surface area contributed by atoms with E-state index in [0.29, 0.717) is 0 Å². The second kappa shape index (κ2) is 7.81. The summed E-state index contributed by atoms with van der Waals surface area (Å²) < 4.78 is 0. The molecule has 4 rings (SSSR count). The fraction of sp³-hybridized carbons (Fsp3) is 1.00. The fourth-order valence-corrected chi connectivity index (χ4v) is 5.36. The van der Waals surface area contributed by atoms with Crippen LogP contribution in [0, 0.1) is 0 Å². The molecular formula is C19H36N4. The zero-order chi connectivity index (χ0) is 15.5. The first-order valence-corrected chi connectivity index (χ1v) is 10.3. The van der Waals surface area contributed by atoms with E-state index < -0.39 is 0 Å². The highest BCUT2D eigenvalue weighted by Gasteiger charge is 2.30. The zero-order valence-corrected chi connectivity index (χ0v) is 15.0. The number of likely N-dealkylation sites (tertiary alicyclic amines) is 4. The largest absolute Gasteiger partial charge is 0.302 e. The summed E-state index contributed by atoms with van der Waals surface area (Å²) in [4.78, 5) is 11.0. The van der Waals surface area contributed by atoms with E-state index in [1.165, 1.54) is 110 Å². The molecule has 0 aromatic rings. The van der Waals surface area contributed by atoms with Gasteiger partial charge in [0, 0.05) is 25.2 Å². The summed E-state index contributed by atoms with van der Waals surface area (Å²) >= 11 is 0. The Labute approximate surface area is 142 Å². The molecule has 0 aromatic heterocycles. The van der Waals surface area contributed by atoms with Crippen LogP contribution in [0.25, 0.3) is 0 Å². The van der Waals surface area contributed by atoms with Crippen molar-refractivity contribution in [1.82, 2.24) is 19.6 Å². The predicted octanol–water partition coefficient (Wildman–Crippen LogP) is 1.72. The van der Waals surface area contributed by atoms with Crippen molar-refractivity contribution in [3.63, 3.8) is 0 Å². The first-order chi connectivity index (χ1) is 11.4. The smallest absolute Gasteiger partial charge is 0.0235 e. The highest BCUT2D eigenvalue weighted by Crippen LogP contribution is 2.22. The molecular weight excluding hydrogens is 284 g/mol. The molecule has 4 nitrogen and oxygen atoms in total. The van der Waals surface area contributed by atoms with Crippen LogP contribution in [-0.2, 0) is 0 Å². The van der Waals surface area contributed by atoms with Gasteiger partial charge in [-0.1, -0.05) is 0 Å². The summed E-state index contributed by atoms with van der Waals surface area (Å²) in [6.45, 7) is 13.5. The standard InChI is InChI=1S/C19H36N4/c1-2-11-22(10-1)18-6-14-20(16-18)8-5-9-21-15-7-19(17-21)23-12-3-4-13-23/h18-19H,1-17H2/t18-,19+. The second-order valence-electron chi connectivity index (χ2n) is 8.33. The average Bonchev–Trinajstić information content (AvgIpc) is 3.33. The normalized spacial score (nSPS) is 35.0. The van der Waals surface area contributed by atoms with Crippen LogP contribution in [0.2, 0.25) is 0 Å². The van der Waals surface area contributed by atoms with Gasteiger partial charge in [-0.15, -0.1) is 0 Å². The molecule has 4 saturated heterocycles. The highest BCUT2D eigenvalue weighted by molar-refractivity contribution is 4.87. The molecule has 0 saturated carbocycles. The summed E-state index contributed by atoms with van der Waals surface area (Å²) in [5.74, 6) is 0. The molecule has 0 unspecified atom stereocenters. The maximum atomic E-state index is 2.75. The van der Waals surface area contributed by atoms with E-state index in [-0.39, 0.29) is 0 Å². The van der Waals surface area contributed by atoms with Crippen LogP contribution < -0.4 is 0 Å². The van der Waals surface area contributed by atoms with E-state index in [1.807, 2.05) is 0 Å². The van der Waals surface area contributed by atoms with E-state index in [9.17, 15) is 0 Å². The van der Waals surface area contributed by atoms with Gasteiger partial charge in [-0.3, -0.25) is 9.80 Å². The van der Waals surface area contributed by atoms with E-state index in [0.717, 1.165) is 12.1 Å². The van der Waals surface area contributed by atoms with Crippen LogP contribution in [-0.4, -0.2) is 97.1 Å². The molecule has 4 aliphatic rings. The number of hydrogen-bond donors (Lipinski definition) is 0. The number of rotatable bonds is 6. The minimum absolute atomic E-state index is 0.879. The molecule has 4 heteroatoms. The topological polar surface area (TPSA) is 13.0 Å². The summed E-state index contributed by atoms with van der Waals surface area (Å²) in [5, 5.41) is 0. The maximum absolute atomic E-state index is 2.75. The van der Waals surface area contributed by atoms with Gasteiger partial charge < -0.3 is 9.80 Å². The Morgan fingerprint density at radius 1 is 0.565 bits per heavy atom. The van der Waals surface area contributed by atoms with Crippen LogP contribution in [0.3, 0.4) is 0 Å². The molecule has 0 radical (unpaired) electrons. The molecule has 4 heterocycles. The quantitative estimate of drug-likeness (QED) is 0.739. The van der Waals surface area contributed by atoms with Gasteiger partial charge in [0.05, 0.1) is 0 Å². The van der Waals surface area contributed by atoms with Gasteiger partial charge in [-0.2, -0.15) is 0 Å². The average molecular weight is 321 g/mol. The lowest BCUT2D eigenvalue weighted by molar-refractivity contribution is 0.215. The van der Waals surface area contributed by atoms with Crippen LogP contribution >= 0.6 is 0 Å². The van der Waals surface area contributed by atoms with Crippen molar-refractivity contribution in [3.8, 4) is 0 Å². The van der Waals surface area contributed by atoms with Crippen molar-refractivity contribution in [1.29, 1.82) is 0 Å². The molecule has 0 aliphatic carbocycles. The molecule has 132 valence electrons. The van der Waals surface area contributed by atoms with Gasteiger partial charge in [0.25, 0.3) is 0 Å². The van der Waals surface area contributed by atoms with Crippen LogP contribution in [0.4, 0.5) is 0 Å². The first-order valence-electron chi connectivity index (χ1n) is 10.3. The molecule has 0 spiro atoms. The monoisotopic (exact) mass is 320 g/mol. The highest BCUT2D eigenvalue weighted by atomic mass is 15.3. The van der Waals surface area contributed by atoms with Crippen molar-refractivity contribution in [2.24, 2.45) is 0 Å². The molecule has 4 aliphatic heterocycles. The predicted molar refractivity (Wildman–Crippen MR) is 95.9 cm³/mol. The van der Waals surface area contributed by atoms with Crippen molar-refractivity contribution < 1.29 is 0 Å². The molecule has 0 N–H and O–H groups in total. The number of nitrogens with zero attached hydrogens (tertiary/aromatic N) is 4. The Hall–Kier alpha value is -0.160.